The molecule has 0 amide bonds. The van der Waals surface area contributed by atoms with E-state index >= 15 is 0 Å². The van der Waals surface area contributed by atoms with Crippen LogP contribution in [0.2, 0.25) is 0 Å². The van der Waals surface area contributed by atoms with Crippen LogP contribution in [0.5, 0.6) is 0 Å². The second-order valence-corrected chi connectivity index (χ2v) is 2.36. The Morgan fingerprint density at radius 2 is 1.93 bits per heavy atom. The highest BCUT2D eigenvalue weighted by Crippen LogP contribution is 2.32. The summed E-state index contributed by atoms with van der Waals surface area (Å²) in [5.41, 5.74) is -1.59. The molecule has 1 rings (SSSR count). The zero-order valence-electron chi connectivity index (χ0n) is 6.60. The van der Waals surface area contributed by atoms with Gasteiger partial charge in [-0.05, 0) is 12.1 Å². The van der Waals surface area contributed by atoms with Crippen molar-refractivity contribution < 1.29 is 22.4 Å². The summed E-state index contributed by atoms with van der Waals surface area (Å²) >= 11 is 0. The van der Waals surface area contributed by atoms with E-state index < -0.39 is 17.6 Å². The monoisotopic (exact) mass is 205 g/mol. The van der Waals surface area contributed by atoms with E-state index in [9.17, 15) is 22.4 Å². The lowest BCUT2D eigenvalue weighted by Gasteiger charge is -2.07. The van der Waals surface area contributed by atoms with Gasteiger partial charge in [-0.15, -0.1) is 0 Å². The molecule has 0 aliphatic heterocycles. The summed E-state index contributed by atoms with van der Waals surface area (Å²) in [4.78, 5) is 12.7. The normalized spacial score (nSPS) is 10.9. The molecule has 0 fully saturated rings. The summed E-state index contributed by atoms with van der Waals surface area (Å²) in [5.74, 6) is -1.46. The molecule has 14 heavy (non-hydrogen) atoms. The predicted molar refractivity (Wildman–Crippen MR) is 39.2 cm³/mol. The van der Waals surface area contributed by atoms with E-state index in [4.69, 9.17) is 0 Å². The van der Waals surface area contributed by atoms with Crippen molar-refractivity contribution in [1.29, 1.82) is 0 Å². The summed E-state index contributed by atoms with van der Waals surface area (Å²) in [6.45, 7) is 0. The Balaban J connectivity index is 3.20. The van der Waals surface area contributed by atoms with E-state index in [2.05, 4.69) is 4.99 Å². The third-order valence-corrected chi connectivity index (χ3v) is 1.43. The van der Waals surface area contributed by atoms with Crippen molar-refractivity contribution in [1.82, 2.24) is 0 Å². The second kappa shape index (κ2) is 3.59. The van der Waals surface area contributed by atoms with Gasteiger partial charge >= 0.3 is 6.18 Å². The van der Waals surface area contributed by atoms with E-state index in [0.717, 1.165) is 12.1 Å². The smallest absolute Gasteiger partial charge is 0.211 e. The van der Waals surface area contributed by atoms with Crippen molar-refractivity contribution in [2.75, 3.05) is 0 Å². The van der Waals surface area contributed by atoms with E-state index in [1.165, 1.54) is 0 Å². The van der Waals surface area contributed by atoms with Crippen LogP contribution >= 0.6 is 0 Å². The van der Waals surface area contributed by atoms with Gasteiger partial charge in [0.1, 0.15) is 5.82 Å². The number of isocyanates is 1. The lowest BCUT2D eigenvalue weighted by Crippen LogP contribution is -2.07. The first-order chi connectivity index (χ1) is 6.45. The predicted octanol–water partition coefficient (Wildman–Crippen LogP) is 2.81. The first-order valence-electron chi connectivity index (χ1n) is 3.40. The molecule has 74 valence electrons. The standard InChI is InChI=1S/C8H3F4NO/c9-7-3-5(13-4-14)1-2-6(7)8(10,11)12/h1-3H. The summed E-state index contributed by atoms with van der Waals surface area (Å²) < 4.78 is 48.8. The number of carbonyl (C=O) groups excluding carboxylic acids is 1. The maximum absolute atomic E-state index is 12.8. The maximum atomic E-state index is 12.8. The number of rotatable bonds is 1. The molecule has 0 N–H and O–H groups in total. The van der Waals surface area contributed by atoms with Crippen LogP contribution < -0.4 is 0 Å². The van der Waals surface area contributed by atoms with Crippen molar-refractivity contribution in [3.05, 3.63) is 29.6 Å². The fourth-order valence-electron chi connectivity index (χ4n) is 0.856. The molecule has 6 heteroatoms. The van der Waals surface area contributed by atoms with E-state index in [1.807, 2.05) is 0 Å². The maximum Gasteiger partial charge on any atom is 0.419 e. The minimum absolute atomic E-state index is 0.203. The summed E-state index contributed by atoms with van der Waals surface area (Å²) in [6.07, 6.45) is -3.65. The SMILES string of the molecule is O=C=Nc1ccc(C(F)(F)F)c(F)c1. The Morgan fingerprint density at radius 1 is 1.29 bits per heavy atom. The fraction of sp³-hybridized carbons (Fsp3) is 0.125. The zero-order valence-corrected chi connectivity index (χ0v) is 6.60. The van der Waals surface area contributed by atoms with Gasteiger partial charge in [0.25, 0.3) is 0 Å². The molecule has 0 saturated heterocycles. The van der Waals surface area contributed by atoms with Gasteiger partial charge in [0.15, 0.2) is 0 Å². The van der Waals surface area contributed by atoms with Crippen LogP contribution in [-0.2, 0) is 11.0 Å². The molecule has 0 atom stereocenters. The lowest BCUT2D eigenvalue weighted by atomic mass is 10.2. The van der Waals surface area contributed by atoms with E-state index in [0.29, 0.717) is 12.1 Å². The van der Waals surface area contributed by atoms with Crippen molar-refractivity contribution in [3.63, 3.8) is 0 Å². The molecule has 0 bridgehead atoms. The van der Waals surface area contributed by atoms with Crippen LogP contribution in [0.4, 0.5) is 23.2 Å². The first-order valence-corrected chi connectivity index (χ1v) is 3.40. The first kappa shape index (κ1) is 10.4. The van der Waals surface area contributed by atoms with Crippen LogP contribution in [0.25, 0.3) is 0 Å². The Hall–Kier alpha value is -1.68. The molecule has 0 radical (unpaired) electrons. The van der Waals surface area contributed by atoms with Gasteiger partial charge < -0.3 is 0 Å². The molecule has 0 heterocycles. The molecule has 0 unspecified atom stereocenters. The summed E-state index contributed by atoms with van der Waals surface area (Å²) in [7, 11) is 0. The highest BCUT2D eigenvalue weighted by atomic mass is 19.4. The fourth-order valence-corrected chi connectivity index (χ4v) is 0.856. The molecule has 2 nitrogen and oxygen atoms in total. The molecular weight excluding hydrogens is 202 g/mol. The Labute approximate surface area is 75.9 Å². The molecule has 0 aromatic heterocycles. The number of aliphatic imine (C=N–C) groups is 1. The van der Waals surface area contributed by atoms with Crippen molar-refractivity contribution in [3.8, 4) is 0 Å². The van der Waals surface area contributed by atoms with Crippen LogP contribution in [-0.4, -0.2) is 6.08 Å². The highest BCUT2D eigenvalue weighted by molar-refractivity contribution is 5.49. The molecule has 0 aliphatic carbocycles. The minimum atomic E-state index is -4.74. The molecule has 0 saturated carbocycles. The minimum Gasteiger partial charge on any atom is -0.211 e. The Kier molecular flexibility index (Phi) is 2.67. The van der Waals surface area contributed by atoms with Gasteiger partial charge in [0.05, 0.1) is 11.3 Å². The number of alkyl halides is 3. The number of benzene rings is 1. The lowest BCUT2D eigenvalue weighted by molar-refractivity contribution is -0.139. The van der Waals surface area contributed by atoms with Gasteiger partial charge in [-0.3, -0.25) is 0 Å². The average molecular weight is 205 g/mol. The highest BCUT2D eigenvalue weighted by Gasteiger charge is 2.33. The van der Waals surface area contributed by atoms with Crippen LogP contribution in [0.15, 0.2) is 23.2 Å². The molecule has 1 aromatic rings. The number of hydrogen-bond acceptors (Lipinski definition) is 2. The van der Waals surface area contributed by atoms with Crippen LogP contribution in [0.1, 0.15) is 5.56 Å². The van der Waals surface area contributed by atoms with Gasteiger partial charge in [0.2, 0.25) is 6.08 Å². The average Bonchev–Trinajstić information content (AvgIpc) is 2.02. The Morgan fingerprint density at radius 3 is 2.36 bits per heavy atom. The number of hydrogen-bond donors (Lipinski definition) is 0. The van der Waals surface area contributed by atoms with Crippen LogP contribution in [0, 0.1) is 5.82 Å². The van der Waals surface area contributed by atoms with Gasteiger partial charge in [-0.25, -0.2) is 9.18 Å². The largest absolute Gasteiger partial charge is 0.419 e. The molecule has 1 aromatic carbocycles. The number of halogens is 4. The second-order valence-electron chi connectivity index (χ2n) is 2.36. The third kappa shape index (κ3) is 2.17. The van der Waals surface area contributed by atoms with Gasteiger partial charge in [-0.1, -0.05) is 0 Å². The van der Waals surface area contributed by atoms with Gasteiger partial charge in [-0.2, -0.15) is 18.2 Å². The molecular formula is C8H3F4NO. The van der Waals surface area contributed by atoms with E-state index in [1.54, 1.807) is 0 Å². The summed E-state index contributed by atoms with van der Waals surface area (Å²) in [6, 6.07) is 1.93. The molecule has 0 aliphatic rings. The number of nitrogens with zero attached hydrogens (tertiary/aromatic N) is 1. The van der Waals surface area contributed by atoms with Crippen molar-refractivity contribution in [2.45, 2.75) is 6.18 Å². The quantitative estimate of drug-likeness (QED) is 0.393. The molecule has 0 spiro atoms. The van der Waals surface area contributed by atoms with Gasteiger partial charge in [0, 0.05) is 6.07 Å². The van der Waals surface area contributed by atoms with Crippen molar-refractivity contribution in [2.24, 2.45) is 4.99 Å². The topological polar surface area (TPSA) is 29.4 Å². The Bertz CT molecular complexity index is 393. The van der Waals surface area contributed by atoms with Crippen molar-refractivity contribution >= 4 is 11.8 Å². The zero-order chi connectivity index (χ0) is 10.8. The third-order valence-electron chi connectivity index (χ3n) is 1.43. The van der Waals surface area contributed by atoms with E-state index in [-0.39, 0.29) is 5.69 Å². The summed E-state index contributed by atoms with van der Waals surface area (Å²) in [5, 5.41) is 0. The van der Waals surface area contributed by atoms with Crippen LogP contribution in [0.3, 0.4) is 0 Å².